The minimum atomic E-state index is -0.687. The summed E-state index contributed by atoms with van der Waals surface area (Å²) >= 11 is 11.3. The molecule has 3 nitrogen and oxygen atoms in total. The Labute approximate surface area is 115 Å². The van der Waals surface area contributed by atoms with E-state index in [0.717, 1.165) is 6.42 Å². The highest BCUT2D eigenvalue weighted by Crippen LogP contribution is 2.27. The first-order valence-corrected chi connectivity index (χ1v) is 6.36. The number of amides is 1. The van der Waals surface area contributed by atoms with Crippen molar-refractivity contribution in [2.75, 3.05) is 11.9 Å². The van der Waals surface area contributed by atoms with E-state index < -0.39 is 5.82 Å². The number of benzene rings is 1. The predicted molar refractivity (Wildman–Crippen MR) is 72.5 cm³/mol. The normalized spacial score (nSPS) is 12.3. The van der Waals surface area contributed by atoms with Gasteiger partial charge in [0.25, 0.3) is 0 Å². The lowest BCUT2D eigenvalue weighted by molar-refractivity contribution is -0.119. The van der Waals surface area contributed by atoms with Crippen molar-refractivity contribution in [2.24, 2.45) is 11.7 Å². The van der Waals surface area contributed by atoms with Crippen molar-refractivity contribution in [1.29, 1.82) is 0 Å². The van der Waals surface area contributed by atoms with Crippen molar-refractivity contribution in [3.05, 3.63) is 28.0 Å². The third kappa shape index (κ3) is 4.12. The number of hydrogen-bond acceptors (Lipinski definition) is 2. The largest absolute Gasteiger partial charge is 0.330 e. The van der Waals surface area contributed by atoms with Crippen molar-refractivity contribution in [3.8, 4) is 0 Å². The Kier molecular flexibility index (Phi) is 5.85. The zero-order valence-electron chi connectivity index (χ0n) is 9.97. The molecule has 0 aliphatic heterocycles. The lowest BCUT2D eigenvalue weighted by Gasteiger charge is -2.12. The quantitative estimate of drug-likeness (QED) is 0.817. The van der Waals surface area contributed by atoms with Gasteiger partial charge in [0.1, 0.15) is 0 Å². The van der Waals surface area contributed by atoms with E-state index >= 15 is 0 Å². The van der Waals surface area contributed by atoms with Crippen LogP contribution in [0.15, 0.2) is 12.1 Å². The Balaban J connectivity index is 2.70. The monoisotopic (exact) mass is 292 g/mol. The molecule has 1 aromatic rings. The highest BCUT2D eigenvalue weighted by Gasteiger charge is 2.14. The third-order valence-corrected chi connectivity index (χ3v) is 3.09. The lowest BCUT2D eigenvalue weighted by Crippen LogP contribution is -2.21. The molecule has 1 aromatic carbocycles. The molecule has 0 fully saturated rings. The van der Waals surface area contributed by atoms with Crippen molar-refractivity contribution >= 4 is 34.8 Å². The number of nitrogens with two attached hydrogens (primary N) is 1. The number of carbonyl (C=O) groups is 1. The highest BCUT2D eigenvalue weighted by molar-refractivity contribution is 6.35. The molecule has 1 amide bonds. The lowest BCUT2D eigenvalue weighted by atomic mass is 10.0. The van der Waals surface area contributed by atoms with Crippen LogP contribution in [-0.4, -0.2) is 12.5 Å². The smallest absolute Gasteiger partial charge is 0.227 e. The average Bonchev–Trinajstić information content (AvgIpc) is 2.32. The van der Waals surface area contributed by atoms with Crippen LogP contribution in [0.25, 0.3) is 0 Å². The van der Waals surface area contributed by atoms with Crippen molar-refractivity contribution in [2.45, 2.75) is 19.8 Å². The Hall–Kier alpha value is -0.840. The van der Waals surface area contributed by atoms with Crippen molar-refractivity contribution in [3.63, 3.8) is 0 Å². The standard InChI is InChI=1S/C12H15Cl2FN2O/c1-7(3-2-4-16)12(18)17-8-5-9(13)11(15)10(14)6-8/h5-7H,2-4,16H2,1H3,(H,17,18). The van der Waals surface area contributed by atoms with E-state index in [0.29, 0.717) is 18.7 Å². The minimum absolute atomic E-state index is 0.118. The van der Waals surface area contributed by atoms with Gasteiger partial charge in [0, 0.05) is 11.6 Å². The first-order chi connectivity index (χ1) is 8.45. The molecule has 0 spiro atoms. The SMILES string of the molecule is CC(CCCN)C(=O)Nc1cc(Cl)c(F)c(Cl)c1. The molecule has 1 rings (SSSR count). The molecule has 0 aliphatic carbocycles. The summed E-state index contributed by atoms with van der Waals surface area (Å²) in [4.78, 5) is 11.8. The molecular weight excluding hydrogens is 278 g/mol. The predicted octanol–water partition coefficient (Wildman–Crippen LogP) is 3.45. The van der Waals surface area contributed by atoms with Gasteiger partial charge < -0.3 is 11.1 Å². The van der Waals surface area contributed by atoms with Crippen LogP contribution in [-0.2, 0) is 4.79 Å². The second kappa shape index (κ2) is 6.92. The van der Waals surface area contributed by atoms with E-state index in [1.165, 1.54) is 12.1 Å². The molecule has 0 saturated carbocycles. The van der Waals surface area contributed by atoms with Crippen LogP contribution in [0, 0.1) is 11.7 Å². The summed E-state index contributed by atoms with van der Waals surface area (Å²) in [6, 6.07) is 2.66. The summed E-state index contributed by atoms with van der Waals surface area (Å²) < 4.78 is 13.2. The van der Waals surface area contributed by atoms with Crippen LogP contribution in [0.4, 0.5) is 10.1 Å². The van der Waals surface area contributed by atoms with Crippen molar-refractivity contribution in [1.82, 2.24) is 0 Å². The van der Waals surface area contributed by atoms with E-state index in [-0.39, 0.29) is 21.9 Å². The average molecular weight is 293 g/mol. The third-order valence-electron chi connectivity index (χ3n) is 2.54. The number of halogens is 3. The minimum Gasteiger partial charge on any atom is -0.330 e. The van der Waals surface area contributed by atoms with Gasteiger partial charge in [-0.05, 0) is 31.5 Å². The molecule has 100 valence electrons. The molecule has 3 N–H and O–H groups in total. The first kappa shape index (κ1) is 15.2. The number of carbonyl (C=O) groups excluding carboxylic acids is 1. The van der Waals surface area contributed by atoms with Gasteiger partial charge in [-0.1, -0.05) is 30.1 Å². The van der Waals surface area contributed by atoms with Crippen molar-refractivity contribution < 1.29 is 9.18 Å². The van der Waals surface area contributed by atoms with Gasteiger partial charge >= 0.3 is 0 Å². The van der Waals surface area contributed by atoms with E-state index in [4.69, 9.17) is 28.9 Å². The van der Waals surface area contributed by atoms with E-state index in [9.17, 15) is 9.18 Å². The van der Waals surface area contributed by atoms with Crippen LogP contribution >= 0.6 is 23.2 Å². The van der Waals surface area contributed by atoms with E-state index in [2.05, 4.69) is 5.32 Å². The number of nitrogens with one attached hydrogen (secondary N) is 1. The zero-order valence-corrected chi connectivity index (χ0v) is 11.5. The second-order valence-electron chi connectivity index (χ2n) is 4.08. The van der Waals surface area contributed by atoms with Crippen LogP contribution in [0.2, 0.25) is 10.0 Å². The maximum atomic E-state index is 13.2. The molecule has 1 atom stereocenters. The van der Waals surface area contributed by atoms with Gasteiger partial charge in [0.2, 0.25) is 5.91 Å². The molecule has 0 radical (unpaired) electrons. The maximum absolute atomic E-state index is 13.2. The molecule has 0 saturated heterocycles. The van der Waals surface area contributed by atoms with Gasteiger partial charge in [-0.2, -0.15) is 0 Å². The Morgan fingerprint density at radius 1 is 1.44 bits per heavy atom. The molecule has 1 unspecified atom stereocenters. The molecule has 0 aromatic heterocycles. The van der Waals surface area contributed by atoms with Gasteiger partial charge in [0.15, 0.2) is 5.82 Å². The summed E-state index contributed by atoms with van der Waals surface area (Å²) in [5.74, 6) is -1.02. The van der Waals surface area contributed by atoms with Gasteiger partial charge in [-0.3, -0.25) is 4.79 Å². The molecule has 18 heavy (non-hydrogen) atoms. The fourth-order valence-electron chi connectivity index (χ4n) is 1.45. The van der Waals surface area contributed by atoms with Crippen LogP contribution in [0.1, 0.15) is 19.8 Å². The molecule has 0 aliphatic rings. The fraction of sp³-hybridized carbons (Fsp3) is 0.417. The van der Waals surface area contributed by atoms with Gasteiger partial charge in [-0.25, -0.2) is 4.39 Å². The Bertz CT molecular complexity index is 417. The molecule has 6 heteroatoms. The fourth-order valence-corrected chi connectivity index (χ4v) is 1.94. The molecule has 0 bridgehead atoms. The second-order valence-corrected chi connectivity index (χ2v) is 4.89. The number of hydrogen-bond donors (Lipinski definition) is 2. The maximum Gasteiger partial charge on any atom is 0.227 e. The molecular formula is C12H15Cl2FN2O. The zero-order chi connectivity index (χ0) is 13.7. The Morgan fingerprint density at radius 2 is 2.00 bits per heavy atom. The summed E-state index contributed by atoms with van der Waals surface area (Å²) in [6.07, 6.45) is 1.48. The highest BCUT2D eigenvalue weighted by atomic mass is 35.5. The summed E-state index contributed by atoms with van der Waals surface area (Å²) in [5, 5.41) is 2.41. The van der Waals surface area contributed by atoms with Crippen LogP contribution < -0.4 is 11.1 Å². The van der Waals surface area contributed by atoms with Crippen LogP contribution in [0.3, 0.4) is 0 Å². The van der Waals surface area contributed by atoms with Gasteiger partial charge in [-0.15, -0.1) is 0 Å². The Morgan fingerprint density at radius 3 is 2.50 bits per heavy atom. The summed E-state index contributed by atoms with van der Waals surface area (Å²) in [6.45, 7) is 2.35. The number of anilines is 1. The number of rotatable bonds is 5. The molecule has 0 heterocycles. The van der Waals surface area contributed by atoms with Gasteiger partial charge in [0.05, 0.1) is 10.0 Å². The topological polar surface area (TPSA) is 55.1 Å². The van der Waals surface area contributed by atoms with E-state index in [1.54, 1.807) is 6.92 Å². The van der Waals surface area contributed by atoms with Crippen LogP contribution in [0.5, 0.6) is 0 Å². The summed E-state index contributed by atoms with van der Waals surface area (Å²) in [7, 11) is 0. The summed E-state index contributed by atoms with van der Waals surface area (Å²) in [5.41, 5.74) is 5.76. The van der Waals surface area contributed by atoms with E-state index in [1.807, 2.05) is 0 Å². The first-order valence-electron chi connectivity index (χ1n) is 5.61.